The molecule has 0 aromatic rings. The normalized spacial score (nSPS) is 35.3. The number of aliphatic hydroxyl groups excluding tert-OH is 1. The molecule has 0 spiro atoms. The zero-order valence-corrected chi connectivity index (χ0v) is 10.8. The Bertz CT molecular complexity index is 237. The largest absolute Gasteiger partial charge is 0.390 e. The number of ether oxygens (including phenoxy) is 2. The molecule has 1 aliphatic rings. The molecule has 0 unspecified atom stereocenters. The third-order valence-electron chi connectivity index (χ3n) is 3.57. The Hall–Kier alpha value is -0.380. The lowest BCUT2D eigenvalue weighted by Crippen LogP contribution is -2.39. The van der Waals surface area contributed by atoms with E-state index in [0.717, 1.165) is 12.8 Å². The Morgan fingerprint density at radius 2 is 2.12 bits per heavy atom. The highest BCUT2D eigenvalue weighted by atomic mass is 16.7. The quantitative estimate of drug-likeness (QED) is 0.580. The van der Waals surface area contributed by atoms with Crippen molar-refractivity contribution in [3.05, 3.63) is 12.7 Å². The minimum absolute atomic E-state index is 0.139. The van der Waals surface area contributed by atoms with Gasteiger partial charge in [-0.3, -0.25) is 0 Å². The molecule has 3 nitrogen and oxygen atoms in total. The van der Waals surface area contributed by atoms with Crippen molar-refractivity contribution >= 4 is 0 Å². The number of methoxy groups -OCH3 is 1. The van der Waals surface area contributed by atoms with Crippen molar-refractivity contribution in [2.45, 2.75) is 51.6 Å². The van der Waals surface area contributed by atoms with Gasteiger partial charge in [-0.05, 0) is 38.5 Å². The monoisotopic (exact) mass is 228 g/mol. The van der Waals surface area contributed by atoms with Crippen molar-refractivity contribution in [2.24, 2.45) is 11.8 Å². The molecule has 1 rings (SSSR count). The molecule has 94 valence electrons. The van der Waals surface area contributed by atoms with Crippen LogP contribution in [0.15, 0.2) is 12.7 Å². The summed E-state index contributed by atoms with van der Waals surface area (Å²) in [7, 11) is 1.62. The van der Waals surface area contributed by atoms with Gasteiger partial charge in [0.1, 0.15) is 0 Å². The maximum atomic E-state index is 10.0. The zero-order chi connectivity index (χ0) is 12.3. The summed E-state index contributed by atoms with van der Waals surface area (Å²) in [6.45, 7) is 9.61. The Morgan fingerprint density at radius 3 is 2.62 bits per heavy atom. The van der Waals surface area contributed by atoms with Crippen molar-refractivity contribution in [1.82, 2.24) is 0 Å². The van der Waals surface area contributed by atoms with E-state index in [0.29, 0.717) is 11.8 Å². The molecular weight excluding hydrogens is 204 g/mol. The Labute approximate surface area is 98.4 Å². The van der Waals surface area contributed by atoms with Crippen LogP contribution in [0.5, 0.6) is 0 Å². The Kier molecular flexibility index (Phi) is 4.53. The van der Waals surface area contributed by atoms with E-state index in [1.165, 1.54) is 0 Å². The zero-order valence-electron chi connectivity index (χ0n) is 10.8. The molecule has 3 heteroatoms. The number of allylic oxidation sites excluding steroid dienone is 1. The lowest BCUT2D eigenvalue weighted by Gasteiger charge is -2.31. The first-order chi connectivity index (χ1) is 7.41. The third-order valence-corrected chi connectivity index (χ3v) is 3.57. The fraction of sp³-hybridized carbons (Fsp3) is 0.846. The standard InChI is InChI=1S/C13H24O3/c1-6-7-10-8-11(14)12(9(10)2)16-13(3,4)15-5/h6,9-12,14H,1,7-8H2,2-5H3/t9-,10+,11+,12-/m1/s1. The van der Waals surface area contributed by atoms with Crippen LogP contribution in [-0.2, 0) is 9.47 Å². The molecule has 0 bridgehead atoms. The number of rotatable bonds is 5. The minimum atomic E-state index is -0.636. The predicted octanol–water partition coefficient (Wildman–Crippen LogP) is 2.35. The minimum Gasteiger partial charge on any atom is -0.390 e. The fourth-order valence-electron chi connectivity index (χ4n) is 2.36. The smallest absolute Gasteiger partial charge is 0.162 e. The van der Waals surface area contributed by atoms with Gasteiger partial charge in [0.2, 0.25) is 0 Å². The number of hydrogen-bond acceptors (Lipinski definition) is 3. The van der Waals surface area contributed by atoms with E-state index in [1.807, 2.05) is 19.9 Å². The van der Waals surface area contributed by atoms with Gasteiger partial charge in [-0.25, -0.2) is 0 Å². The highest BCUT2D eigenvalue weighted by molar-refractivity contribution is 4.93. The molecule has 0 radical (unpaired) electrons. The summed E-state index contributed by atoms with van der Waals surface area (Å²) in [4.78, 5) is 0. The predicted molar refractivity (Wildman–Crippen MR) is 64.1 cm³/mol. The van der Waals surface area contributed by atoms with Gasteiger partial charge in [-0.15, -0.1) is 6.58 Å². The van der Waals surface area contributed by atoms with Crippen molar-refractivity contribution in [2.75, 3.05) is 7.11 Å². The Balaban J connectivity index is 2.63. The molecule has 1 aliphatic carbocycles. The second kappa shape index (κ2) is 5.30. The lowest BCUT2D eigenvalue weighted by molar-refractivity contribution is -0.242. The average molecular weight is 228 g/mol. The molecule has 1 fully saturated rings. The van der Waals surface area contributed by atoms with Crippen LogP contribution in [0, 0.1) is 11.8 Å². The first kappa shape index (κ1) is 13.7. The van der Waals surface area contributed by atoms with Crippen LogP contribution in [0.4, 0.5) is 0 Å². The second-order valence-corrected chi connectivity index (χ2v) is 5.13. The maximum Gasteiger partial charge on any atom is 0.162 e. The summed E-state index contributed by atoms with van der Waals surface area (Å²) in [5.74, 6) is 0.163. The van der Waals surface area contributed by atoms with E-state index in [1.54, 1.807) is 7.11 Å². The van der Waals surface area contributed by atoms with Crippen LogP contribution in [0.1, 0.15) is 33.6 Å². The van der Waals surface area contributed by atoms with Gasteiger partial charge in [0.25, 0.3) is 0 Å². The highest BCUT2D eigenvalue weighted by Crippen LogP contribution is 2.38. The van der Waals surface area contributed by atoms with Gasteiger partial charge in [0.05, 0.1) is 12.2 Å². The fourth-order valence-corrected chi connectivity index (χ4v) is 2.36. The van der Waals surface area contributed by atoms with Gasteiger partial charge in [-0.2, -0.15) is 0 Å². The summed E-state index contributed by atoms with van der Waals surface area (Å²) in [6.07, 6.45) is 3.11. The van der Waals surface area contributed by atoms with Gasteiger partial charge in [0.15, 0.2) is 5.79 Å². The van der Waals surface area contributed by atoms with Crippen molar-refractivity contribution in [3.8, 4) is 0 Å². The van der Waals surface area contributed by atoms with Gasteiger partial charge >= 0.3 is 0 Å². The van der Waals surface area contributed by atoms with E-state index in [-0.39, 0.29) is 6.10 Å². The Morgan fingerprint density at radius 1 is 1.50 bits per heavy atom. The molecule has 4 atom stereocenters. The van der Waals surface area contributed by atoms with E-state index in [4.69, 9.17) is 9.47 Å². The molecule has 0 amide bonds. The van der Waals surface area contributed by atoms with E-state index >= 15 is 0 Å². The summed E-state index contributed by atoms with van der Waals surface area (Å²) in [6, 6.07) is 0. The lowest BCUT2D eigenvalue weighted by atomic mass is 9.94. The molecule has 0 heterocycles. The second-order valence-electron chi connectivity index (χ2n) is 5.13. The van der Waals surface area contributed by atoms with Gasteiger partial charge in [0, 0.05) is 7.11 Å². The molecule has 1 N–H and O–H groups in total. The molecule has 16 heavy (non-hydrogen) atoms. The van der Waals surface area contributed by atoms with Gasteiger partial charge < -0.3 is 14.6 Å². The number of aliphatic hydroxyl groups is 1. The van der Waals surface area contributed by atoms with Crippen LogP contribution in [0.3, 0.4) is 0 Å². The first-order valence-electron chi connectivity index (χ1n) is 5.93. The van der Waals surface area contributed by atoms with E-state index < -0.39 is 11.9 Å². The molecule has 0 aromatic heterocycles. The summed E-state index contributed by atoms with van der Waals surface area (Å²) >= 11 is 0. The van der Waals surface area contributed by atoms with Crippen LogP contribution < -0.4 is 0 Å². The van der Waals surface area contributed by atoms with E-state index in [2.05, 4.69) is 13.5 Å². The van der Waals surface area contributed by atoms with Crippen molar-refractivity contribution in [1.29, 1.82) is 0 Å². The third kappa shape index (κ3) is 3.06. The van der Waals surface area contributed by atoms with Crippen molar-refractivity contribution in [3.63, 3.8) is 0 Å². The van der Waals surface area contributed by atoms with Crippen LogP contribution in [0.25, 0.3) is 0 Å². The molecule has 0 aliphatic heterocycles. The molecular formula is C13H24O3. The van der Waals surface area contributed by atoms with Crippen LogP contribution >= 0.6 is 0 Å². The number of hydrogen-bond donors (Lipinski definition) is 1. The van der Waals surface area contributed by atoms with Gasteiger partial charge in [-0.1, -0.05) is 13.0 Å². The maximum absolute atomic E-state index is 10.0. The first-order valence-corrected chi connectivity index (χ1v) is 5.93. The van der Waals surface area contributed by atoms with Crippen molar-refractivity contribution < 1.29 is 14.6 Å². The summed E-state index contributed by atoms with van der Waals surface area (Å²) in [5.41, 5.74) is 0. The molecule has 0 aromatic carbocycles. The summed E-state index contributed by atoms with van der Waals surface area (Å²) in [5, 5.41) is 10.0. The summed E-state index contributed by atoms with van der Waals surface area (Å²) < 4.78 is 11.1. The SMILES string of the molecule is C=CC[C@H]1C[C@H](O)[C@H](OC(C)(C)OC)[C@@H]1C. The molecule has 1 saturated carbocycles. The van der Waals surface area contributed by atoms with E-state index in [9.17, 15) is 5.11 Å². The molecule has 0 saturated heterocycles. The van der Waals surface area contributed by atoms with Crippen LogP contribution in [-0.4, -0.2) is 30.2 Å². The topological polar surface area (TPSA) is 38.7 Å². The highest BCUT2D eigenvalue weighted by Gasteiger charge is 2.42. The van der Waals surface area contributed by atoms with Crippen LogP contribution in [0.2, 0.25) is 0 Å². The average Bonchev–Trinajstić information content (AvgIpc) is 2.47.